The average Bonchev–Trinajstić information content (AvgIpc) is 3.24. The molecular weight excluding hydrogens is 452 g/mol. The molecule has 0 bridgehead atoms. The van der Waals surface area contributed by atoms with Gasteiger partial charge in [0.25, 0.3) is 0 Å². The molecule has 4 aromatic rings. The molecule has 1 aliphatic heterocycles. The van der Waals surface area contributed by atoms with Gasteiger partial charge in [0.15, 0.2) is 11.6 Å². The molecule has 0 aliphatic carbocycles. The van der Waals surface area contributed by atoms with E-state index in [0.29, 0.717) is 34.1 Å². The average molecular weight is 480 g/mol. The molecule has 10 heteroatoms. The standard InChI is InChI=1S/C24H27FN7OP/c1-24(34)7-10-31(11-8-24)14-16-12-20-23(28-18-6-9-26-13-17(18)25)29-22(30-32(20)15-16)19-4-3-5-21(27-19)33-2/h3-6,9,12-13,15H,7-8,10-11,14,34H2,1-2H3,(H,26,28,29,30). The number of anilines is 2. The fourth-order valence-electron chi connectivity index (χ4n) is 4.08. The van der Waals surface area contributed by atoms with Gasteiger partial charge >= 0.3 is 0 Å². The smallest absolute Gasteiger partial charge is 0.213 e. The molecule has 0 amide bonds. The molecule has 34 heavy (non-hydrogen) atoms. The van der Waals surface area contributed by atoms with E-state index in [-0.39, 0.29) is 0 Å². The summed E-state index contributed by atoms with van der Waals surface area (Å²) in [7, 11) is 4.55. The number of aromatic nitrogens is 5. The Balaban J connectivity index is 1.53. The number of hydrogen-bond donors (Lipinski definition) is 1. The predicted octanol–water partition coefficient (Wildman–Crippen LogP) is 4.31. The van der Waals surface area contributed by atoms with E-state index >= 15 is 0 Å². The van der Waals surface area contributed by atoms with E-state index in [4.69, 9.17) is 14.8 Å². The lowest BCUT2D eigenvalue weighted by Gasteiger charge is -2.36. The molecule has 0 spiro atoms. The van der Waals surface area contributed by atoms with Crippen molar-refractivity contribution in [3.63, 3.8) is 0 Å². The zero-order chi connectivity index (χ0) is 23.7. The first-order valence-corrected chi connectivity index (χ1v) is 11.8. The first-order valence-electron chi connectivity index (χ1n) is 11.2. The van der Waals surface area contributed by atoms with Gasteiger partial charge in [-0.25, -0.2) is 18.9 Å². The van der Waals surface area contributed by atoms with Crippen molar-refractivity contribution >= 4 is 26.3 Å². The highest BCUT2D eigenvalue weighted by molar-refractivity contribution is 7.18. The molecule has 1 aliphatic rings. The summed E-state index contributed by atoms with van der Waals surface area (Å²) in [5.74, 6) is 0.903. The largest absolute Gasteiger partial charge is 0.481 e. The highest BCUT2D eigenvalue weighted by Crippen LogP contribution is 2.32. The predicted molar refractivity (Wildman–Crippen MR) is 133 cm³/mol. The molecule has 176 valence electrons. The van der Waals surface area contributed by atoms with Crippen molar-refractivity contribution in [1.82, 2.24) is 29.5 Å². The van der Waals surface area contributed by atoms with E-state index in [1.807, 2.05) is 18.3 Å². The highest BCUT2D eigenvalue weighted by atomic mass is 31.0. The molecule has 1 unspecified atom stereocenters. The third-order valence-electron chi connectivity index (χ3n) is 6.11. The van der Waals surface area contributed by atoms with Crippen molar-refractivity contribution in [1.29, 1.82) is 0 Å². The van der Waals surface area contributed by atoms with E-state index in [9.17, 15) is 4.39 Å². The van der Waals surface area contributed by atoms with Gasteiger partial charge in [0.05, 0.1) is 19.0 Å². The molecule has 1 N–H and O–H groups in total. The number of ether oxygens (including phenoxy) is 1. The number of pyridine rings is 2. The summed E-state index contributed by atoms with van der Waals surface area (Å²) in [5, 5.41) is 8.14. The molecule has 0 radical (unpaired) electrons. The minimum atomic E-state index is -0.458. The Labute approximate surface area is 199 Å². The van der Waals surface area contributed by atoms with Crippen molar-refractivity contribution in [2.24, 2.45) is 0 Å². The number of nitrogens with one attached hydrogen (secondary N) is 1. The van der Waals surface area contributed by atoms with Gasteiger partial charge in [0.2, 0.25) is 11.7 Å². The van der Waals surface area contributed by atoms with Crippen LogP contribution in [0.3, 0.4) is 0 Å². The van der Waals surface area contributed by atoms with Crippen LogP contribution in [0.25, 0.3) is 17.0 Å². The molecular formula is C24H27FN7OP. The lowest BCUT2D eigenvalue weighted by molar-refractivity contribution is 0.198. The summed E-state index contributed by atoms with van der Waals surface area (Å²) in [5.41, 5.74) is 2.73. The van der Waals surface area contributed by atoms with Crippen molar-refractivity contribution < 1.29 is 9.13 Å². The van der Waals surface area contributed by atoms with Gasteiger partial charge in [-0.2, -0.15) is 0 Å². The molecule has 0 saturated carbocycles. The second-order valence-corrected chi connectivity index (χ2v) is 10.3. The number of hydrogen-bond acceptors (Lipinski definition) is 7. The third-order valence-corrected chi connectivity index (χ3v) is 6.69. The van der Waals surface area contributed by atoms with E-state index in [0.717, 1.165) is 43.6 Å². The Bertz CT molecular complexity index is 1320. The Morgan fingerprint density at radius 1 is 1.21 bits per heavy atom. The monoisotopic (exact) mass is 479 g/mol. The Morgan fingerprint density at radius 2 is 2.03 bits per heavy atom. The van der Waals surface area contributed by atoms with Gasteiger partial charge < -0.3 is 10.1 Å². The number of nitrogens with zero attached hydrogens (tertiary/aromatic N) is 6. The van der Waals surface area contributed by atoms with Crippen molar-refractivity contribution in [2.45, 2.75) is 31.5 Å². The normalized spacial score (nSPS) is 16.0. The van der Waals surface area contributed by atoms with Crippen LogP contribution in [0.5, 0.6) is 5.88 Å². The summed E-state index contributed by atoms with van der Waals surface area (Å²) in [4.78, 5) is 15.4. The quantitative estimate of drug-likeness (QED) is 0.413. The summed E-state index contributed by atoms with van der Waals surface area (Å²) >= 11 is 0. The van der Waals surface area contributed by atoms with Crippen LogP contribution >= 0.6 is 9.24 Å². The van der Waals surface area contributed by atoms with Gasteiger partial charge in [-0.1, -0.05) is 13.0 Å². The first kappa shape index (κ1) is 22.6. The highest BCUT2D eigenvalue weighted by Gasteiger charge is 2.26. The summed E-state index contributed by atoms with van der Waals surface area (Å²) < 4.78 is 21.4. The zero-order valence-electron chi connectivity index (χ0n) is 19.2. The van der Waals surface area contributed by atoms with Crippen LogP contribution in [0.1, 0.15) is 25.3 Å². The molecule has 8 nitrogen and oxygen atoms in total. The van der Waals surface area contributed by atoms with Gasteiger partial charge in [-0.3, -0.25) is 9.88 Å². The lowest BCUT2D eigenvalue weighted by Crippen LogP contribution is -2.38. The Kier molecular flexibility index (Phi) is 6.15. The van der Waals surface area contributed by atoms with E-state index in [2.05, 4.69) is 42.4 Å². The minimum Gasteiger partial charge on any atom is -0.481 e. The van der Waals surface area contributed by atoms with Crippen LogP contribution in [0.4, 0.5) is 15.9 Å². The SMILES string of the molecule is COc1cccc(-c2nc(Nc3ccncc3F)c3cc(CN4CCC(C)(P)CC4)cn3n2)n1. The van der Waals surface area contributed by atoms with Crippen molar-refractivity contribution in [3.8, 4) is 17.4 Å². The maximum Gasteiger partial charge on any atom is 0.213 e. The van der Waals surface area contributed by atoms with E-state index in [1.165, 1.54) is 12.4 Å². The number of likely N-dealkylation sites (tertiary alicyclic amines) is 1. The fraction of sp³-hybridized carbons (Fsp3) is 0.333. The zero-order valence-corrected chi connectivity index (χ0v) is 20.4. The fourth-order valence-corrected chi connectivity index (χ4v) is 4.34. The molecule has 0 aromatic carbocycles. The maximum atomic E-state index is 14.4. The number of fused-ring (bicyclic) bond motifs is 1. The molecule has 1 fully saturated rings. The van der Waals surface area contributed by atoms with Gasteiger partial charge in [0.1, 0.15) is 11.2 Å². The molecule has 1 atom stereocenters. The summed E-state index contributed by atoms with van der Waals surface area (Å²) in [6.45, 7) is 5.20. The van der Waals surface area contributed by atoms with Crippen LogP contribution in [-0.4, -0.2) is 54.8 Å². The second kappa shape index (κ2) is 9.24. The molecule has 1 saturated heterocycles. The Hall–Kier alpha value is -3.16. The number of rotatable bonds is 6. The van der Waals surface area contributed by atoms with Crippen molar-refractivity contribution in [2.75, 3.05) is 25.5 Å². The maximum absolute atomic E-state index is 14.4. The first-order chi connectivity index (χ1) is 16.4. The topological polar surface area (TPSA) is 80.5 Å². The number of methoxy groups -OCH3 is 1. The molecule has 4 aromatic heterocycles. The second-order valence-electron chi connectivity index (χ2n) is 8.94. The van der Waals surface area contributed by atoms with E-state index in [1.54, 1.807) is 23.8 Å². The minimum absolute atomic E-state index is 0.290. The van der Waals surface area contributed by atoms with Gasteiger partial charge in [-0.15, -0.1) is 14.3 Å². The molecule has 5 heterocycles. The van der Waals surface area contributed by atoms with Crippen LogP contribution in [-0.2, 0) is 6.54 Å². The lowest BCUT2D eigenvalue weighted by atomic mass is 9.97. The van der Waals surface area contributed by atoms with Crippen LogP contribution in [0.15, 0.2) is 48.9 Å². The Morgan fingerprint density at radius 3 is 2.79 bits per heavy atom. The van der Waals surface area contributed by atoms with E-state index < -0.39 is 5.82 Å². The third kappa shape index (κ3) is 4.86. The van der Waals surface area contributed by atoms with Crippen LogP contribution in [0, 0.1) is 5.82 Å². The summed E-state index contributed by atoms with van der Waals surface area (Å²) in [6, 6.07) is 9.05. The summed E-state index contributed by atoms with van der Waals surface area (Å²) in [6.07, 6.45) is 7.00. The van der Waals surface area contributed by atoms with Crippen molar-refractivity contribution in [3.05, 3.63) is 60.3 Å². The number of piperidine rings is 1. The number of halogens is 1. The van der Waals surface area contributed by atoms with Gasteiger partial charge in [0, 0.05) is 25.0 Å². The van der Waals surface area contributed by atoms with Crippen LogP contribution < -0.4 is 10.1 Å². The van der Waals surface area contributed by atoms with Gasteiger partial charge in [-0.05, 0) is 54.8 Å². The van der Waals surface area contributed by atoms with Crippen LogP contribution in [0.2, 0.25) is 0 Å². The molecule has 5 rings (SSSR count).